The van der Waals surface area contributed by atoms with Crippen LogP contribution in [0.5, 0.6) is 23.0 Å². The Morgan fingerprint density at radius 3 is 2.56 bits per heavy atom. The summed E-state index contributed by atoms with van der Waals surface area (Å²) in [5, 5.41) is 30.1. The van der Waals surface area contributed by atoms with Gasteiger partial charge in [0.05, 0.1) is 19.1 Å². The molecule has 0 saturated heterocycles. The minimum atomic E-state index is -1.01. The number of benzene rings is 2. The standard InChI is InChI=1S/C26H30O6/c1-15(2)6-7-16-10-18(11-17(25(16)31-5)8-9-26(3,4)30)22-14-21(29)24-20(28)12-19(27)13-23(24)32-22/h6,8-13,22,27-28,30H,7,14H2,1-5H3/b9-8+. The molecule has 0 amide bonds. The van der Waals surface area contributed by atoms with Crippen molar-refractivity contribution < 1.29 is 29.6 Å². The van der Waals surface area contributed by atoms with Gasteiger partial charge in [0.1, 0.15) is 34.7 Å². The van der Waals surface area contributed by atoms with Gasteiger partial charge in [0.2, 0.25) is 0 Å². The molecular formula is C26H30O6. The lowest BCUT2D eigenvalue weighted by molar-refractivity contribution is 0.0844. The highest BCUT2D eigenvalue weighted by molar-refractivity contribution is 6.02. The summed E-state index contributed by atoms with van der Waals surface area (Å²) in [5.41, 5.74) is 2.67. The van der Waals surface area contributed by atoms with Crippen molar-refractivity contribution in [2.75, 3.05) is 7.11 Å². The minimum absolute atomic E-state index is 0.0500. The number of rotatable bonds is 6. The van der Waals surface area contributed by atoms with Gasteiger partial charge >= 0.3 is 0 Å². The van der Waals surface area contributed by atoms with E-state index in [1.54, 1.807) is 33.1 Å². The van der Waals surface area contributed by atoms with Gasteiger partial charge in [0.25, 0.3) is 0 Å². The van der Waals surface area contributed by atoms with Crippen LogP contribution in [0, 0.1) is 0 Å². The maximum atomic E-state index is 12.8. The van der Waals surface area contributed by atoms with Crippen molar-refractivity contribution in [3.63, 3.8) is 0 Å². The largest absolute Gasteiger partial charge is 0.508 e. The van der Waals surface area contributed by atoms with Crippen LogP contribution in [0.2, 0.25) is 0 Å². The van der Waals surface area contributed by atoms with Crippen LogP contribution in [0.1, 0.15) is 67.3 Å². The van der Waals surface area contributed by atoms with Crippen LogP contribution >= 0.6 is 0 Å². The molecule has 0 radical (unpaired) electrons. The summed E-state index contributed by atoms with van der Waals surface area (Å²) in [7, 11) is 1.60. The molecule has 0 saturated carbocycles. The number of methoxy groups -OCH3 is 1. The Bertz CT molecular complexity index is 1080. The van der Waals surface area contributed by atoms with Crippen LogP contribution in [-0.2, 0) is 6.42 Å². The predicted molar refractivity (Wildman–Crippen MR) is 124 cm³/mol. The first kappa shape index (κ1) is 23.4. The molecule has 2 aromatic rings. The number of phenols is 2. The molecule has 170 valence electrons. The van der Waals surface area contributed by atoms with E-state index in [1.807, 2.05) is 26.0 Å². The average Bonchev–Trinajstić information content (AvgIpc) is 2.68. The Labute approximate surface area is 188 Å². The van der Waals surface area contributed by atoms with Crippen molar-refractivity contribution in [2.45, 2.75) is 52.2 Å². The molecule has 0 aromatic heterocycles. The van der Waals surface area contributed by atoms with Crippen molar-refractivity contribution in [1.29, 1.82) is 0 Å². The van der Waals surface area contributed by atoms with Crippen molar-refractivity contribution in [1.82, 2.24) is 0 Å². The molecule has 1 atom stereocenters. The number of carbonyl (C=O) groups excluding carboxylic acids is 1. The highest BCUT2D eigenvalue weighted by Crippen LogP contribution is 2.43. The van der Waals surface area contributed by atoms with Crippen LogP contribution in [0.3, 0.4) is 0 Å². The number of fused-ring (bicyclic) bond motifs is 1. The lowest BCUT2D eigenvalue weighted by Gasteiger charge is -2.27. The first-order valence-electron chi connectivity index (χ1n) is 10.5. The Hall–Kier alpha value is -3.25. The minimum Gasteiger partial charge on any atom is -0.508 e. The summed E-state index contributed by atoms with van der Waals surface area (Å²) in [6.45, 7) is 7.40. The van der Waals surface area contributed by atoms with E-state index in [0.717, 1.165) is 28.3 Å². The van der Waals surface area contributed by atoms with Crippen LogP contribution in [0.25, 0.3) is 6.08 Å². The molecule has 0 bridgehead atoms. The summed E-state index contributed by atoms with van der Waals surface area (Å²) in [4.78, 5) is 12.8. The fourth-order valence-electron chi connectivity index (χ4n) is 3.67. The van der Waals surface area contributed by atoms with Gasteiger partial charge in [-0.05, 0) is 57.4 Å². The predicted octanol–water partition coefficient (Wildman–Crippen LogP) is 5.11. The second kappa shape index (κ2) is 9.09. The summed E-state index contributed by atoms with van der Waals surface area (Å²) in [5.74, 6) is 0.103. The first-order chi connectivity index (χ1) is 15.0. The number of aromatic hydroxyl groups is 2. The van der Waals surface area contributed by atoms with Crippen molar-refractivity contribution in [3.05, 3.63) is 64.2 Å². The summed E-state index contributed by atoms with van der Waals surface area (Å²) < 4.78 is 11.7. The van der Waals surface area contributed by atoms with Gasteiger partial charge in [-0.1, -0.05) is 23.8 Å². The molecule has 1 heterocycles. The Balaban J connectivity index is 2.11. The Morgan fingerprint density at radius 2 is 1.94 bits per heavy atom. The zero-order valence-corrected chi connectivity index (χ0v) is 19.1. The molecule has 1 unspecified atom stereocenters. The molecule has 3 rings (SSSR count). The fourth-order valence-corrected chi connectivity index (χ4v) is 3.67. The smallest absolute Gasteiger partial charge is 0.174 e. The van der Waals surface area contributed by atoms with Crippen LogP contribution in [0.15, 0.2) is 42.0 Å². The number of ether oxygens (including phenoxy) is 2. The third-order valence-corrected chi connectivity index (χ3v) is 5.18. The van der Waals surface area contributed by atoms with Gasteiger partial charge < -0.3 is 24.8 Å². The lowest BCUT2D eigenvalue weighted by Crippen LogP contribution is -2.21. The van der Waals surface area contributed by atoms with Gasteiger partial charge in [-0.2, -0.15) is 0 Å². The van der Waals surface area contributed by atoms with E-state index in [0.29, 0.717) is 12.2 Å². The van der Waals surface area contributed by atoms with E-state index in [2.05, 4.69) is 6.08 Å². The zero-order valence-electron chi connectivity index (χ0n) is 19.1. The number of allylic oxidation sites excluding steroid dienone is 2. The second-order valence-electron chi connectivity index (χ2n) is 8.85. The Morgan fingerprint density at radius 1 is 1.22 bits per heavy atom. The maximum Gasteiger partial charge on any atom is 0.174 e. The van der Waals surface area contributed by atoms with E-state index < -0.39 is 11.7 Å². The Kier molecular flexibility index (Phi) is 6.65. The van der Waals surface area contributed by atoms with E-state index in [1.165, 1.54) is 6.07 Å². The third kappa shape index (κ3) is 5.32. The quantitative estimate of drug-likeness (QED) is 0.543. The van der Waals surface area contributed by atoms with Crippen molar-refractivity contribution in [3.8, 4) is 23.0 Å². The number of carbonyl (C=O) groups is 1. The van der Waals surface area contributed by atoms with Gasteiger partial charge in [0, 0.05) is 17.7 Å². The van der Waals surface area contributed by atoms with Gasteiger partial charge in [-0.3, -0.25) is 4.79 Å². The van der Waals surface area contributed by atoms with Crippen LogP contribution < -0.4 is 9.47 Å². The first-order valence-corrected chi connectivity index (χ1v) is 10.5. The normalized spacial score (nSPS) is 15.9. The molecule has 1 aliphatic heterocycles. The van der Waals surface area contributed by atoms with E-state index in [9.17, 15) is 20.1 Å². The molecule has 0 spiro atoms. The number of ketones is 1. The van der Waals surface area contributed by atoms with Gasteiger partial charge in [-0.15, -0.1) is 0 Å². The monoisotopic (exact) mass is 438 g/mol. The van der Waals surface area contributed by atoms with Crippen LogP contribution in [-0.4, -0.2) is 33.8 Å². The SMILES string of the molecule is COc1c(/C=C/C(C)(C)O)cc(C2CC(=O)c3c(O)cc(O)cc3O2)cc1CC=C(C)C. The molecule has 3 N–H and O–H groups in total. The van der Waals surface area contributed by atoms with Crippen molar-refractivity contribution in [2.24, 2.45) is 0 Å². The molecule has 2 aromatic carbocycles. The number of phenolic OH excluding ortho intramolecular Hbond substituents is 2. The summed E-state index contributed by atoms with van der Waals surface area (Å²) in [6, 6.07) is 6.29. The summed E-state index contributed by atoms with van der Waals surface area (Å²) >= 11 is 0. The molecular weight excluding hydrogens is 408 g/mol. The van der Waals surface area contributed by atoms with E-state index in [4.69, 9.17) is 9.47 Å². The number of hydrogen-bond donors (Lipinski definition) is 3. The topological polar surface area (TPSA) is 96.2 Å². The molecule has 32 heavy (non-hydrogen) atoms. The number of Topliss-reactive ketones (excluding diaryl/α,β-unsaturated/α-hetero) is 1. The third-order valence-electron chi connectivity index (χ3n) is 5.18. The van der Waals surface area contributed by atoms with Gasteiger partial charge in [-0.25, -0.2) is 0 Å². The maximum absolute atomic E-state index is 12.8. The number of aliphatic hydroxyl groups is 1. The molecule has 6 heteroatoms. The molecule has 6 nitrogen and oxygen atoms in total. The van der Waals surface area contributed by atoms with Crippen LogP contribution in [0.4, 0.5) is 0 Å². The van der Waals surface area contributed by atoms with E-state index >= 15 is 0 Å². The molecule has 1 aliphatic rings. The average molecular weight is 439 g/mol. The zero-order chi connectivity index (χ0) is 23.6. The van der Waals surface area contributed by atoms with E-state index in [-0.39, 0.29) is 35.0 Å². The number of hydrogen-bond acceptors (Lipinski definition) is 6. The van der Waals surface area contributed by atoms with Gasteiger partial charge in [0.15, 0.2) is 5.78 Å². The summed E-state index contributed by atoms with van der Waals surface area (Å²) in [6.07, 6.45) is 5.64. The second-order valence-corrected chi connectivity index (χ2v) is 8.85. The fraction of sp³-hybridized carbons (Fsp3) is 0.346. The highest BCUT2D eigenvalue weighted by Gasteiger charge is 2.31. The lowest BCUT2D eigenvalue weighted by atomic mass is 9.91. The van der Waals surface area contributed by atoms with Crippen molar-refractivity contribution >= 4 is 11.9 Å². The molecule has 0 aliphatic carbocycles. The molecule has 0 fully saturated rings. The highest BCUT2D eigenvalue weighted by atomic mass is 16.5.